The lowest BCUT2D eigenvalue weighted by Crippen LogP contribution is -2.48. The second kappa shape index (κ2) is 10.0. The van der Waals surface area contributed by atoms with Crippen LogP contribution in [-0.2, 0) is 14.8 Å². The topological polar surface area (TPSA) is 111 Å². The van der Waals surface area contributed by atoms with Crippen molar-refractivity contribution in [2.75, 3.05) is 23.3 Å². The van der Waals surface area contributed by atoms with Gasteiger partial charge in [-0.15, -0.1) is 10.2 Å². The third-order valence-corrected chi connectivity index (χ3v) is 8.60. The van der Waals surface area contributed by atoms with Gasteiger partial charge in [-0.2, -0.15) is 0 Å². The van der Waals surface area contributed by atoms with E-state index in [9.17, 15) is 13.2 Å². The Bertz CT molecular complexity index is 1560. The summed E-state index contributed by atoms with van der Waals surface area (Å²) in [6.45, 7) is 1.72. The van der Waals surface area contributed by atoms with Crippen molar-refractivity contribution >= 4 is 49.7 Å². The van der Waals surface area contributed by atoms with Crippen LogP contribution >= 0.6 is 22.9 Å². The summed E-state index contributed by atoms with van der Waals surface area (Å²) in [4.78, 5) is 13.2. The first-order chi connectivity index (χ1) is 17.7. The van der Waals surface area contributed by atoms with Crippen molar-refractivity contribution in [2.45, 2.75) is 17.9 Å². The number of carbonyl (C=O) groups is 1. The highest BCUT2D eigenvalue weighted by Crippen LogP contribution is 2.39. The summed E-state index contributed by atoms with van der Waals surface area (Å²) in [5, 5.41) is 12.2. The molecule has 4 aromatic rings. The molecule has 0 saturated carbocycles. The minimum atomic E-state index is -4.06. The maximum atomic E-state index is 13.6. The number of fused-ring (bicyclic) bond motifs is 1. The van der Waals surface area contributed by atoms with E-state index >= 15 is 0 Å². The highest BCUT2D eigenvalue weighted by atomic mass is 35.5. The Morgan fingerprint density at radius 3 is 2.54 bits per heavy atom. The summed E-state index contributed by atoms with van der Waals surface area (Å²) >= 11 is 7.37. The van der Waals surface area contributed by atoms with E-state index in [1.807, 2.05) is 31.2 Å². The van der Waals surface area contributed by atoms with Gasteiger partial charge < -0.3 is 9.47 Å². The molecule has 1 atom stereocenters. The zero-order chi connectivity index (χ0) is 26.2. The molecule has 37 heavy (non-hydrogen) atoms. The van der Waals surface area contributed by atoms with Crippen molar-refractivity contribution in [1.29, 1.82) is 0 Å². The van der Waals surface area contributed by atoms with Crippen molar-refractivity contribution in [1.82, 2.24) is 10.2 Å². The van der Waals surface area contributed by atoms with Gasteiger partial charge >= 0.3 is 0 Å². The summed E-state index contributed by atoms with van der Waals surface area (Å²) in [6.07, 6.45) is -1.14. The molecule has 1 amide bonds. The summed E-state index contributed by atoms with van der Waals surface area (Å²) in [5.41, 5.74) is 2.23. The van der Waals surface area contributed by atoms with Crippen molar-refractivity contribution in [3.63, 3.8) is 0 Å². The zero-order valence-electron chi connectivity index (χ0n) is 19.7. The average molecular weight is 557 g/mol. The number of amides is 1. The van der Waals surface area contributed by atoms with Crippen molar-refractivity contribution in [3.05, 3.63) is 77.3 Å². The molecule has 1 aliphatic rings. The number of rotatable bonds is 6. The molecule has 2 heterocycles. The predicted molar refractivity (Wildman–Crippen MR) is 142 cm³/mol. The lowest BCUT2D eigenvalue weighted by Gasteiger charge is -2.34. The van der Waals surface area contributed by atoms with E-state index in [0.29, 0.717) is 15.8 Å². The lowest BCUT2D eigenvalue weighted by molar-refractivity contribution is -0.122. The molecule has 1 aromatic heterocycles. The number of benzene rings is 3. The molecule has 9 nitrogen and oxygen atoms in total. The number of sulfonamides is 1. The van der Waals surface area contributed by atoms with Crippen LogP contribution in [0.25, 0.3) is 10.6 Å². The first-order valence-electron chi connectivity index (χ1n) is 11.1. The third-order valence-electron chi connectivity index (χ3n) is 5.68. The molecule has 190 valence electrons. The van der Waals surface area contributed by atoms with Gasteiger partial charge in [-0.1, -0.05) is 52.8 Å². The van der Waals surface area contributed by atoms with Gasteiger partial charge in [-0.3, -0.25) is 14.4 Å². The molecule has 5 rings (SSSR count). The molecule has 12 heteroatoms. The van der Waals surface area contributed by atoms with Gasteiger partial charge in [0.15, 0.2) is 6.10 Å². The Labute approximate surface area is 222 Å². The van der Waals surface area contributed by atoms with E-state index in [-0.39, 0.29) is 28.0 Å². The molecule has 0 fully saturated rings. The highest BCUT2D eigenvalue weighted by Gasteiger charge is 2.38. The smallest absolute Gasteiger partial charge is 0.269 e. The van der Waals surface area contributed by atoms with Crippen molar-refractivity contribution < 1.29 is 22.7 Å². The van der Waals surface area contributed by atoms with Crippen LogP contribution in [0.3, 0.4) is 0 Å². The first-order valence-corrected chi connectivity index (χ1v) is 13.7. The number of nitrogens with zero attached hydrogens (tertiary/aromatic N) is 3. The summed E-state index contributed by atoms with van der Waals surface area (Å²) < 4.78 is 39.4. The van der Waals surface area contributed by atoms with Gasteiger partial charge in [0, 0.05) is 10.6 Å². The van der Waals surface area contributed by atoms with E-state index in [4.69, 9.17) is 21.1 Å². The zero-order valence-corrected chi connectivity index (χ0v) is 22.1. The highest BCUT2D eigenvalue weighted by molar-refractivity contribution is 7.92. The van der Waals surface area contributed by atoms with Crippen LogP contribution in [0, 0.1) is 6.92 Å². The van der Waals surface area contributed by atoms with Gasteiger partial charge in [0.05, 0.1) is 24.2 Å². The number of methoxy groups -OCH3 is 1. The minimum absolute atomic E-state index is 0.0344. The van der Waals surface area contributed by atoms with Crippen LogP contribution in [0.4, 0.5) is 10.8 Å². The fraction of sp³-hybridized carbons (Fsp3) is 0.160. The largest absolute Gasteiger partial charge is 0.497 e. The van der Waals surface area contributed by atoms with Crippen molar-refractivity contribution in [2.24, 2.45) is 0 Å². The van der Waals surface area contributed by atoms with Crippen LogP contribution in [0.5, 0.6) is 11.5 Å². The number of nitrogens with one attached hydrogen (secondary N) is 1. The Morgan fingerprint density at radius 2 is 1.84 bits per heavy atom. The number of anilines is 2. The second-order valence-electron chi connectivity index (χ2n) is 8.20. The van der Waals surface area contributed by atoms with Crippen LogP contribution in [-0.4, -0.2) is 44.3 Å². The average Bonchev–Trinajstić information content (AvgIpc) is 3.36. The Hall–Kier alpha value is -3.67. The molecule has 3 aromatic carbocycles. The SMILES string of the molecule is COc1ccc(S(=O)(=O)N2C[C@H](C(=O)Nc3nnc(-c4ccc(C)cc4)s3)Oc3ccc(Cl)cc32)cc1. The number of hydrogen-bond acceptors (Lipinski definition) is 8. The van der Waals surface area contributed by atoms with Gasteiger partial charge in [-0.05, 0) is 49.4 Å². The number of halogens is 1. The lowest BCUT2D eigenvalue weighted by atomic mass is 10.2. The van der Waals surface area contributed by atoms with Crippen LogP contribution < -0.4 is 19.1 Å². The molecule has 0 spiro atoms. The number of aromatic nitrogens is 2. The fourth-order valence-corrected chi connectivity index (χ4v) is 6.12. The molecular weight excluding hydrogens is 536 g/mol. The number of ether oxygens (including phenoxy) is 2. The van der Waals surface area contributed by atoms with E-state index in [1.165, 1.54) is 42.7 Å². The number of aryl methyl sites for hydroxylation is 1. The van der Waals surface area contributed by atoms with Gasteiger partial charge in [0.1, 0.15) is 16.5 Å². The quantitative estimate of drug-likeness (QED) is 0.364. The molecule has 0 radical (unpaired) electrons. The normalized spacial score (nSPS) is 15.0. The number of carbonyl (C=O) groups excluding carboxylic acids is 1. The van der Waals surface area contributed by atoms with E-state index < -0.39 is 22.0 Å². The Morgan fingerprint density at radius 1 is 1.11 bits per heavy atom. The fourth-order valence-electron chi connectivity index (χ4n) is 3.74. The van der Waals surface area contributed by atoms with Crippen LogP contribution in [0.2, 0.25) is 5.02 Å². The Kier molecular flexibility index (Phi) is 6.76. The Balaban J connectivity index is 1.41. The summed E-state index contributed by atoms with van der Waals surface area (Å²) in [5.74, 6) is 0.177. The molecule has 0 unspecified atom stereocenters. The summed E-state index contributed by atoms with van der Waals surface area (Å²) in [6, 6.07) is 18.4. The maximum absolute atomic E-state index is 13.6. The van der Waals surface area contributed by atoms with Crippen LogP contribution in [0.1, 0.15) is 5.56 Å². The summed E-state index contributed by atoms with van der Waals surface area (Å²) in [7, 11) is -2.56. The second-order valence-corrected chi connectivity index (χ2v) is 11.5. The van der Waals surface area contributed by atoms with Gasteiger partial charge in [0.25, 0.3) is 15.9 Å². The molecule has 1 N–H and O–H groups in total. The maximum Gasteiger partial charge on any atom is 0.269 e. The minimum Gasteiger partial charge on any atom is -0.497 e. The number of hydrogen-bond donors (Lipinski definition) is 1. The molecule has 0 bridgehead atoms. The standard InChI is InChI=1S/C25H21ClN4O5S2/c1-15-3-5-16(6-4-15)24-28-29-25(36-24)27-23(31)22-14-30(20-13-17(26)7-12-21(20)35-22)37(32,33)19-10-8-18(34-2)9-11-19/h3-13,22H,14H2,1-2H3,(H,27,29,31)/t22-/m1/s1. The van der Waals surface area contributed by atoms with Gasteiger partial charge in [-0.25, -0.2) is 8.42 Å². The first kappa shape index (κ1) is 25.0. The van der Waals surface area contributed by atoms with Gasteiger partial charge in [0.2, 0.25) is 5.13 Å². The van der Waals surface area contributed by atoms with Crippen LogP contribution in [0.15, 0.2) is 71.6 Å². The molecule has 0 saturated heterocycles. The van der Waals surface area contributed by atoms with E-state index in [1.54, 1.807) is 18.2 Å². The third kappa shape index (κ3) is 5.10. The molecule has 0 aliphatic carbocycles. The van der Waals surface area contributed by atoms with E-state index in [2.05, 4.69) is 15.5 Å². The monoisotopic (exact) mass is 556 g/mol. The molecule has 1 aliphatic heterocycles. The molecular formula is C25H21ClN4O5S2. The van der Waals surface area contributed by atoms with Crippen molar-refractivity contribution in [3.8, 4) is 22.1 Å². The van der Waals surface area contributed by atoms with E-state index in [0.717, 1.165) is 15.4 Å². The predicted octanol–water partition coefficient (Wildman–Crippen LogP) is 4.77.